The Morgan fingerprint density at radius 3 is 2.50 bits per heavy atom. The molecule has 7 heteroatoms. The van der Waals surface area contributed by atoms with Gasteiger partial charge in [-0.05, 0) is 42.4 Å². The number of hydrogen-bond acceptors (Lipinski definition) is 4. The van der Waals surface area contributed by atoms with Crippen LogP contribution in [0.3, 0.4) is 0 Å². The predicted molar refractivity (Wildman–Crippen MR) is 63.0 cm³/mol. The van der Waals surface area contributed by atoms with E-state index < -0.39 is 17.7 Å². The van der Waals surface area contributed by atoms with E-state index in [1.807, 2.05) is 0 Å². The molecule has 0 heterocycles. The molecule has 0 saturated heterocycles. The summed E-state index contributed by atoms with van der Waals surface area (Å²) in [6.07, 6.45) is -2.14. The average Bonchev–Trinajstić information content (AvgIpc) is 2.26. The lowest BCUT2D eigenvalue weighted by atomic mass is 10.0. The van der Waals surface area contributed by atoms with Gasteiger partial charge in [-0.1, -0.05) is 12.1 Å². The smallest absolute Gasteiger partial charge is 0.390 e. The van der Waals surface area contributed by atoms with Crippen molar-refractivity contribution in [3.8, 4) is 0 Å². The molecule has 1 aromatic carbocycles. The minimum Gasteiger partial charge on any atom is -0.390 e. The number of nitrogens with two attached hydrogens (primary N) is 1. The Balaban J connectivity index is 2.81. The summed E-state index contributed by atoms with van der Waals surface area (Å²) >= 11 is -0.260. The highest BCUT2D eigenvalue weighted by molar-refractivity contribution is 8.00. The van der Waals surface area contributed by atoms with Gasteiger partial charge >= 0.3 is 5.51 Å². The number of hydrogen-bond donors (Lipinski definition) is 3. The van der Waals surface area contributed by atoms with E-state index in [4.69, 9.17) is 5.73 Å². The van der Waals surface area contributed by atoms with Crippen molar-refractivity contribution in [1.29, 1.82) is 0 Å². The van der Waals surface area contributed by atoms with Crippen molar-refractivity contribution in [3.63, 3.8) is 0 Å². The van der Waals surface area contributed by atoms with E-state index in [1.54, 1.807) is 0 Å². The van der Waals surface area contributed by atoms with E-state index in [1.165, 1.54) is 24.3 Å². The summed E-state index contributed by atoms with van der Waals surface area (Å²) in [7, 11) is 0. The Morgan fingerprint density at radius 1 is 1.28 bits per heavy atom. The number of alkyl halides is 3. The van der Waals surface area contributed by atoms with E-state index in [-0.39, 0.29) is 35.2 Å². The largest absolute Gasteiger partial charge is 0.446 e. The molecule has 3 nitrogen and oxygen atoms in total. The average molecular weight is 281 g/mol. The maximum Gasteiger partial charge on any atom is 0.446 e. The molecule has 0 aliphatic rings. The van der Waals surface area contributed by atoms with E-state index >= 15 is 0 Å². The molecule has 0 spiro atoms. The van der Waals surface area contributed by atoms with Crippen LogP contribution in [0.2, 0.25) is 0 Å². The molecular weight excluding hydrogens is 267 g/mol. The van der Waals surface area contributed by atoms with Crippen LogP contribution in [0.15, 0.2) is 29.2 Å². The Kier molecular flexibility index (Phi) is 5.46. The first-order valence-electron chi connectivity index (χ1n) is 5.25. The molecule has 0 fully saturated rings. The van der Waals surface area contributed by atoms with Gasteiger partial charge in [-0.15, -0.1) is 0 Å². The van der Waals surface area contributed by atoms with Gasteiger partial charge < -0.3 is 15.9 Å². The van der Waals surface area contributed by atoms with Crippen LogP contribution in [0.4, 0.5) is 13.2 Å². The zero-order chi connectivity index (χ0) is 13.8. The molecule has 4 N–H and O–H groups in total. The van der Waals surface area contributed by atoms with Crippen LogP contribution in [0, 0.1) is 0 Å². The highest BCUT2D eigenvalue weighted by Gasteiger charge is 2.29. The first kappa shape index (κ1) is 15.3. The van der Waals surface area contributed by atoms with Crippen LogP contribution in [0.25, 0.3) is 0 Å². The molecule has 18 heavy (non-hydrogen) atoms. The second-order valence-corrected chi connectivity index (χ2v) is 4.85. The SMILES string of the molecule is NCCC(O)C(O)c1cccc(SC(F)(F)F)c1. The summed E-state index contributed by atoms with van der Waals surface area (Å²) in [6.45, 7) is 0.190. The molecule has 2 atom stereocenters. The first-order chi connectivity index (χ1) is 8.33. The topological polar surface area (TPSA) is 66.5 Å². The quantitative estimate of drug-likeness (QED) is 0.723. The monoisotopic (exact) mass is 281 g/mol. The van der Waals surface area contributed by atoms with E-state index in [0.717, 1.165) is 0 Å². The van der Waals surface area contributed by atoms with Crippen LogP contribution in [0.5, 0.6) is 0 Å². The van der Waals surface area contributed by atoms with Gasteiger partial charge in [0.2, 0.25) is 0 Å². The van der Waals surface area contributed by atoms with Gasteiger partial charge in [0.15, 0.2) is 0 Å². The Hall–Kier alpha value is -0.760. The van der Waals surface area contributed by atoms with Crippen molar-refractivity contribution in [2.45, 2.75) is 29.0 Å². The molecule has 1 rings (SSSR count). The molecule has 0 amide bonds. The third-order valence-electron chi connectivity index (χ3n) is 2.26. The van der Waals surface area contributed by atoms with E-state index in [9.17, 15) is 23.4 Å². The maximum atomic E-state index is 12.2. The third-order valence-corrected chi connectivity index (χ3v) is 2.98. The lowest BCUT2D eigenvalue weighted by Crippen LogP contribution is -2.21. The highest BCUT2D eigenvalue weighted by Crippen LogP contribution is 2.37. The first-order valence-corrected chi connectivity index (χ1v) is 6.07. The van der Waals surface area contributed by atoms with Crippen LogP contribution < -0.4 is 5.73 Å². The number of rotatable bonds is 5. The number of halogens is 3. The van der Waals surface area contributed by atoms with Crippen molar-refractivity contribution in [2.24, 2.45) is 5.73 Å². The lowest BCUT2D eigenvalue weighted by Gasteiger charge is -2.18. The molecule has 0 bridgehead atoms. The van der Waals surface area contributed by atoms with Crippen LogP contribution in [0.1, 0.15) is 18.1 Å². The second-order valence-electron chi connectivity index (χ2n) is 3.71. The third kappa shape index (κ3) is 4.85. The summed E-state index contributed by atoms with van der Waals surface area (Å²) in [5, 5.41) is 19.3. The summed E-state index contributed by atoms with van der Waals surface area (Å²) in [4.78, 5) is -0.0287. The molecule has 0 aromatic heterocycles. The Labute approximate surface area is 107 Å². The normalized spacial score (nSPS) is 15.4. The van der Waals surface area contributed by atoms with Crippen LogP contribution >= 0.6 is 11.8 Å². The number of thioether (sulfide) groups is 1. The number of aliphatic hydroxyl groups excluding tert-OH is 2. The summed E-state index contributed by atoms with van der Waals surface area (Å²) < 4.78 is 36.6. The number of benzene rings is 1. The van der Waals surface area contributed by atoms with Gasteiger partial charge in [-0.2, -0.15) is 13.2 Å². The Morgan fingerprint density at radius 2 is 1.94 bits per heavy atom. The van der Waals surface area contributed by atoms with Crippen molar-refractivity contribution in [3.05, 3.63) is 29.8 Å². The summed E-state index contributed by atoms with van der Waals surface area (Å²) in [5.74, 6) is 0. The minimum atomic E-state index is -4.38. The van der Waals surface area contributed by atoms with Gasteiger partial charge in [0, 0.05) is 4.90 Å². The lowest BCUT2D eigenvalue weighted by molar-refractivity contribution is -0.0328. The fourth-order valence-electron chi connectivity index (χ4n) is 1.45. The van der Waals surface area contributed by atoms with Crippen LogP contribution in [-0.4, -0.2) is 28.4 Å². The summed E-state index contributed by atoms with van der Waals surface area (Å²) in [6, 6.07) is 5.37. The Bertz CT molecular complexity index is 387. The predicted octanol–water partition coefficient (Wildman–Crippen LogP) is 2.04. The molecule has 1 aromatic rings. The fraction of sp³-hybridized carbons (Fsp3) is 0.455. The molecule has 102 valence electrons. The zero-order valence-corrected chi connectivity index (χ0v) is 10.2. The summed E-state index contributed by atoms with van der Waals surface area (Å²) in [5.41, 5.74) is 1.10. The van der Waals surface area contributed by atoms with E-state index in [2.05, 4.69) is 0 Å². The molecular formula is C11H14F3NO2S. The molecule has 2 unspecified atom stereocenters. The fourth-order valence-corrected chi connectivity index (χ4v) is 2.06. The minimum absolute atomic E-state index is 0.0287. The van der Waals surface area contributed by atoms with Gasteiger partial charge in [-0.25, -0.2) is 0 Å². The van der Waals surface area contributed by atoms with Crippen molar-refractivity contribution in [1.82, 2.24) is 0 Å². The zero-order valence-electron chi connectivity index (χ0n) is 9.39. The van der Waals surface area contributed by atoms with Crippen molar-refractivity contribution >= 4 is 11.8 Å². The maximum absolute atomic E-state index is 12.2. The van der Waals surface area contributed by atoms with Crippen molar-refractivity contribution < 1.29 is 23.4 Å². The molecule has 0 aliphatic heterocycles. The van der Waals surface area contributed by atoms with Crippen LogP contribution in [-0.2, 0) is 0 Å². The molecule has 0 saturated carbocycles. The highest BCUT2D eigenvalue weighted by atomic mass is 32.2. The standard InChI is InChI=1S/C11H14F3NO2S/c12-11(13,14)18-8-3-1-2-7(6-8)10(17)9(16)4-5-15/h1-3,6,9-10,16-17H,4-5,15H2. The van der Waals surface area contributed by atoms with Crippen molar-refractivity contribution in [2.75, 3.05) is 6.54 Å². The van der Waals surface area contributed by atoms with Gasteiger partial charge in [0.05, 0.1) is 6.10 Å². The van der Waals surface area contributed by atoms with Gasteiger partial charge in [-0.3, -0.25) is 0 Å². The second kappa shape index (κ2) is 6.42. The molecule has 0 radical (unpaired) electrons. The van der Waals surface area contributed by atoms with Gasteiger partial charge in [0.1, 0.15) is 6.10 Å². The molecule has 0 aliphatic carbocycles. The van der Waals surface area contributed by atoms with E-state index in [0.29, 0.717) is 0 Å². The van der Waals surface area contributed by atoms with Gasteiger partial charge in [0.25, 0.3) is 0 Å². The number of aliphatic hydroxyl groups is 2.